The van der Waals surface area contributed by atoms with Gasteiger partial charge in [0.1, 0.15) is 0 Å². The lowest BCUT2D eigenvalue weighted by atomic mass is 9.83. The summed E-state index contributed by atoms with van der Waals surface area (Å²) in [6, 6.07) is 0. The summed E-state index contributed by atoms with van der Waals surface area (Å²) in [5, 5.41) is 0. The summed E-state index contributed by atoms with van der Waals surface area (Å²) in [5.41, 5.74) is 0.275. The Balaban J connectivity index is 2.65. The molecule has 1 aliphatic heterocycles. The Kier molecular flexibility index (Phi) is 4.81. The van der Waals surface area contributed by atoms with Gasteiger partial charge in [0.15, 0.2) is 0 Å². The van der Waals surface area contributed by atoms with Crippen LogP contribution in [-0.4, -0.2) is 36.2 Å². The Morgan fingerprint density at radius 3 is 2.38 bits per heavy atom. The van der Waals surface area contributed by atoms with E-state index < -0.39 is 0 Å². The topological polar surface area (TPSA) is 12.5 Å². The maximum Gasteiger partial charge on any atom is 0.0733 e. The van der Waals surface area contributed by atoms with E-state index in [1.165, 1.54) is 13.0 Å². The van der Waals surface area contributed by atoms with Gasteiger partial charge in [0, 0.05) is 18.7 Å². The highest BCUT2D eigenvalue weighted by Crippen LogP contribution is 2.30. The number of piperidine rings is 1. The molecule has 1 rings (SSSR count). The SMILES string of the molecule is CCO[C@H]1CN(C(C)(C)C)CC[C@@H]1C(C)C. The van der Waals surface area contributed by atoms with Crippen molar-refractivity contribution in [2.75, 3.05) is 19.7 Å². The van der Waals surface area contributed by atoms with Crippen LogP contribution in [0.4, 0.5) is 0 Å². The normalized spacial score (nSPS) is 28.7. The molecule has 2 nitrogen and oxygen atoms in total. The largest absolute Gasteiger partial charge is 0.377 e. The van der Waals surface area contributed by atoms with Gasteiger partial charge in [-0.05, 0) is 52.5 Å². The summed E-state index contributed by atoms with van der Waals surface area (Å²) in [5.74, 6) is 1.47. The van der Waals surface area contributed by atoms with Crippen molar-refractivity contribution >= 4 is 0 Å². The minimum Gasteiger partial charge on any atom is -0.377 e. The van der Waals surface area contributed by atoms with Crippen LogP contribution < -0.4 is 0 Å². The number of nitrogens with zero attached hydrogens (tertiary/aromatic N) is 1. The van der Waals surface area contributed by atoms with Crippen molar-refractivity contribution in [3.8, 4) is 0 Å². The van der Waals surface area contributed by atoms with E-state index in [1.54, 1.807) is 0 Å². The Morgan fingerprint density at radius 1 is 1.31 bits per heavy atom. The van der Waals surface area contributed by atoms with E-state index >= 15 is 0 Å². The molecule has 2 atom stereocenters. The number of ether oxygens (including phenoxy) is 1. The van der Waals surface area contributed by atoms with E-state index in [0.29, 0.717) is 6.10 Å². The van der Waals surface area contributed by atoms with Crippen LogP contribution in [0.3, 0.4) is 0 Å². The first kappa shape index (κ1) is 14.0. The summed E-state index contributed by atoms with van der Waals surface area (Å²) in [6.07, 6.45) is 1.71. The van der Waals surface area contributed by atoms with Gasteiger partial charge in [-0.15, -0.1) is 0 Å². The summed E-state index contributed by atoms with van der Waals surface area (Å²) in [6.45, 7) is 16.8. The molecule has 1 fully saturated rings. The molecule has 16 heavy (non-hydrogen) atoms. The highest BCUT2D eigenvalue weighted by molar-refractivity contribution is 4.88. The Morgan fingerprint density at radius 2 is 1.94 bits per heavy atom. The molecule has 0 aliphatic carbocycles. The van der Waals surface area contributed by atoms with Crippen molar-refractivity contribution in [2.24, 2.45) is 11.8 Å². The van der Waals surface area contributed by atoms with Gasteiger partial charge in [0.2, 0.25) is 0 Å². The average Bonchev–Trinajstić information content (AvgIpc) is 2.16. The van der Waals surface area contributed by atoms with Gasteiger partial charge in [-0.25, -0.2) is 0 Å². The zero-order valence-electron chi connectivity index (χ0n) is 11.9. The third-order valence-corrected chi connectivity index (χ3v) is 3.80. The van der Waals surface area contributed by atoms with E-state index in [-0.39, 0.29) is 5.54 Å². The van der Waals surface area contributed by atoms with Gasteiger partial charge in [-0.1, -0.05) is 13.8 Å². The van der Waals surface area contributed by atoms with Crippen LogP contribution in [0.5, 0.6) is 0 Å². The van der Waals surface area contributed by atoms with E-state index in [0.717, 1.165) is 25.0 Å². The van der Waals surface area contributed by atoms with E-state index in [2.05, 4.69) is 46.4 Å². The molecule has 0 saturated carbocycles. The van der Waals surface area contributed by atoms with Gasteiger partial charge < -0.3 is 4.74 Å². The van der Waals surface area contributed by atoms with E-state index in [1.807, 2.05) is 0 Å². The fourth-order valence-electron chi connectivity index (χ4n) is 2.70. The molecule has 1 heterocycles. The molecular formula is C14H29NO. The molecule has 1 saturated heterocycles. The van der Waals surface area contributed by atoms with Crippen LogP contribution in [0, 0.1) is 11.8 Å². The molecule has 0 spiro atoms. The maximum atomic E-state index is 5.94. The third kappa shape index (κ3) is 3.46. The first-order chi connectivity index (χ1) is 7.36. The molecule has 0 bridgehead atoms. The second-order valence-corrected chi connectivity index (χ2v) is 6.31. The molecular weight excluding hydrogens is 198 g/mol. The predicted molar refractivity (Wildman–Crippen MR) is 69.7 cm³/mol. The molecule has 0 aromatic carbocycles. The smallest absolute Gasteiger partial charge is 0.0733 e. The summed E-state index contributed by atoms with van der Waals surface area (Å²) >= 11 is 0. The summed E-state index contributed by atoms with van der Waals surface area (Å²) in [4.78, 5) is 2.56. The average molecular weight is 227 g/mol. The second kappa shape index (κ2) is 5.50. The number of likely N-dealkylation sites (tertiary alicyclic amines) is 1. The fourth-order valence-corrected chi connectivity index (χ4v) is 2.70. The predicted octanol–water partition coefficient (Wildman–Crippen LogP) is 3.17. The van der Waals surface area contributed by atoms with Gasteiger partial charge in [-0.2, -0.15) is 0 Å². The van der Waals surface area contributed by atoms with Crippen molar-refractivity contribution in [1.82, 2.24) is 4.90 Å². The summed E-state index contributed by atoms with van der Waals surface area (Å²) < 4.78 is 5.94. The van der Waals surface area contributed by atoms with Crippen molar-refractivity contribution < 1.29 is 4.74 Å². The monoisotopic (exact) mass is 227 g/mol. The molecule has 0 aromatic heterocycles. The Labute approximate surface area is 101 Å². The Bertz CT molecular complexity index is 207. The van der Waals surface area contributed by atoms with E-state index in [9.17, 15) is 0 Å². The third-order valence-electron chi connectivity index (χ3n) is 3.80. The molecule has 0 unspecified atom stereocenters. The minimum absolute atomic E-state index is 0.275. The van der Waals surface area contributed by atoms with E-state index in [4.69, 9.17) is 4.74 Å². The molecule has 0 aromatic rings. The Hall–Kier alpha value is -0.0800. The quantitative estimate of drug-likeness (QED) is 0.734. The zero-order valence-corrected chi connectivity index (χ0v) is 11.9. The summed E-state index contributed by atoms with van der Waals surface area (Å²) in [7, 11) is 0. The van der Waals surface area contributed by atoms with Crippen molar-refractivity contribution in [3.63, 3.8) is 0 Å². The molecule has 1 aliphatic rings. The van der Waals surface area contributed by atoms with Gasteiger partial charge in [0.05, 0.1) is 6.10 Å². The maximum absolute atomic E-state index is 5.94. The van der Waals surface area contributed by atoms with Gasteiger partial charge >= 0.3 is 0 Å². The van der Waals surface area contributed by atoms with Crippen molar-refractivity contribution in [2.45, 2.75) is 59.6 Å². The lowest BCUT2D eigenvalue weighted by molar-refractivity contribution is -0.0675. The molecule has 0 radical (unpaired) electrons. The number of hydrogen-bond donors (Lipinski definition) is 0. The minimum atomic E-state index is 0.275. The zero-order chi connectivity index (χ0) is 12.3. The van der Waals surface area contributed by atoms with Crippen LogP contribution in [0.15, 0.2) is 0 Å². The molecule has 0 amide bonds. The van der Waals surface area contributed by atoms with Crippen molar-refractivity contribution in [3.05, 3.63) is 0 Å². The highest BCUT2D eigenvalue weighted by atomic mass is 16.5. The van der Waals surface area contributed by atoms with Crippen LogP contribution in [0.25, 0.3) is 0 Å². The highest BCUT2D eigenvalue weighted by Gasteiger charge is 2.35. The van der Waals surface area contributed by atoms with Crippen LogP contribution >= 0.6 is 0 Å². The molecule has 96 valence electrons. The fraction of sp³-hybridized carbons (Fsp3) is 1.00. The van der Waals surface area contributed by atoms with Crippen LogP contribution in [-0.2, 0) is 4.74 Å². The molecule has 0 N–H and O–H groups in total. The molecule has 2 heteroatoms. The lowest BCUT2D eigenvalue weighted by Crippen LogP contribution is -2.53. The number of rotatable bonds is 3. The first-order valence-electron chi connectivity index (χ1n) is 6.73. The van der Waals surface area contributed by atoms with Gasteiger partial charge in [0.25, 0.3) is 0 Å². The first-order valence-corrected chi connectivity index (χ1v) is 6.73. The van der Waals surface area contributed by atoms with Crippen LogP contribution in [0.1, 0.15) is 48.0 Å². The van der Waals surface area contributed by atoms with Crippen LogP contribution in [0.2, 0.25) is 0 Å². The van der Waals surface area contributed by atoms with Gasteiger partial charge in [-0.3, -0.25) is 4.90 Å². The standard InChI is InChI=1S/C14H29NO/c1-7-16-13-10-15(14(4,5)6)9-8-12(13)11(2)3/h11-13H,7-10H2,1-6H3/t12-,13+/m1/s1. The number of hydrogen-bond acceptors (Lipinski definition) is 2. The lowest BCUT2D eigenvalue weighted by Gasteiger charge is -2.45. The van der Waals surface area contributed by atoms with Crippen molar-refractivity contribution in [1.29, 1.82) is 0 Å². The second-order valence-electron chi connectivity index (χ2n) is 6.31.